The number of para-hydroxylation sites is 1. The minimum absolute atomic E-state index is 0.251. The summed E-state index contributed by atoms with van der Waals surface area (Å²) in [6, 6.07) is 14.7. The highest BCUT2D eigenvalue weighted by atomic mass is 19.4. The van der Waals surface area contributed by atoms with Crippen molar-refractivity contribution in [1.82, 2.24) is 19.7 Å². The van der Waals surface area contributed by atoms with Gasteiger partial charge in [0.1, 0.15) is 17.3 Å². The summed E-state index contributed by atoms with van der Waals surface area (Å²) in [5, 5.41) is 10.7. The molecule has 2 heterocycles. The van der Waals surface area contributed by atoms with Crippen LogP contribution in [0.1, 0.15) is 16.2 Å². The van der Waals surface area contributed by atoms with Crippen molar-refractivity contribution in [3.05, 3.63) is 84.4 Å². The van der Waals surface area contributed by atoms with Crippen LogP contribution in [0.2, 0.25) is 0 Å². The van der Waals surface area contributed by atoms with Gasteiger partial charge in [-0.05, 0) is 49.4 Å². The maximum absolute atomic E-state index is 12.6. The molecular formula is C22H16F3N5O3. The molecule has 0 aliphatic heterocycles. The molecule has 0 saturated heterocycles. The number of carbonyl (C=O) groups excluding carboxylic acids is 1. The number of nitrogens with one attached hydrogen (secondary N) is 1. The number of nitrogens with zero attached hydrogens (tertiary/aromatic N) is 4. The van der Waals surface area contributed by atoms with E-state index in [2.05, 4.69) is 25.2 Å². The second-order valence-corrected chi connectivity index (χ2v) is 6.70. The summed E-state index contributed by atoms with van der Waals surface area (Å²) in [7, 11) is 0. The van der Waals surface area contributed by atoms with Gasteiger partial charge in [-0.3, -0.25) is 9.36 Å². The van der Waals surface area contributed by atoms with Gasteiger partial charge in [-0.2, -0.15) is 0 Å². The van der Waals surface area contributed by atoms with Crippen molar-refractivity contribution in [2.75, 3.05) is 5.32 Å². The summed E-state index contributed by atoms with van der Waals surface area (Å²) in [6.07, 6.45) is -1.49. The monoisotopic (exact) mass is 455 g/mol. The van der Waals surface area contributed by atoms with E-state index in [1.165, 1.54) is 30.3 Å². The fraction of sp³-hybridized carbons (Fsp3) is 0.0909. The number of carbonyl (C=O) groups is 1. The first kappa shape index (κ1) is 21.8. The smallest absolute Gasteiger partial charge is 0.438 e. The average Bonchev–Trinajstić information content (AvgIpc) is 3.21. The van der Waals surface area contributed by atoms with Crippen LogP contribution in [0, 0.1) is 6.92 Å². The Balaban J connectivity index is 1.41. The summed E-state index contributed by atoms with van der Waals surface area (Å²) in [5.74, 6) is 0.699. The highest BCUT2D eigenvalue weighted by Gasteiger charge is 2.32. The van der Waals surface area contributed by atoms with E-state index in [0.29, 0.717) is 17.3 Å². The largest absolute Gasteiger partial charge is 0.573 e. The van der Waals surface area contributed by atoms with Crippen molar-refractivity contribution in [3.63, 3.8) is 0 Å². The van der Waals surface area contributed by atoms with Crippen molar-refractivity contribution in [2.24, 2.45) is 0 Å². The first-order valence-electron chi connectivity index (χ1n) is 9.56. The molecule has 1 N–H and O–H groups in total. The zero-order chi connectivity index (χ0) is 23.4. The van der Waals surface area contributed by atoms with Gasteiger partial charge in [0.25, 0.3) is 5.91 Å². The molecular weight excluding hydrogens is 439 g/mol. The van der Waals surface area contributed by atoms with Crippen molar-refractivity contribution >= 4 is 11.6 Å². The lowest BCUT2D eigenvalue weighted by atomic mass is 10.2. The zero-order valence-electron chi connectivity index (χ0n) is 17.1. The van der Waals surface area contributed by atoms with Crippen LogP contribution < -0.4 is 14.8 Å². The average molecular weight is 455 g/mol. The fourth-order valence-electron chi connectivity index (χ4n) is 2.91. The van der Waals surface area contributed by atoms with Gasteiger partial charge in [-0.25, -0.2) is 4.98 Å². The van der Waals surface area contributed by atoms with Crippen LogP contribution in [0.15, 0.2) is 73.1 Å². The molecule has 0 atom stereocenters. The number of halogens is 3. The van der Waals surface area contributed by atoms with Crippen molar-refractivity contribution in [3.8, 4) is 23.2 Å². The van der Waals surface area contributed by atoms with Gasteiger partial charge < -0.3 is 14.8 Å². The first-order chi connectivity index (χ1) is 15.8. The Morgan fingerprint density at radius 1 is 1.00 bits per heavy atom. The second kappa shape index (κ2) is 8.99. The van der Waals surface area contributed by atoms with E-state index in [1.54, 1.807) is 41.2 Å². The Bertz CT molecular complexity index is 1260. The predicted octanol–water partition coefficient (Wildman–Crippen LogP) is 4.91. The number of amides is 1. The van der Waals surface area contributed by atoms with E-state index >= 15 is 0 Å². The van der Waals surface area contributed by atoms with Gasteiger partial charge in [0.05, 0.1) is 5.56 Å². The maximum Gasteiger partial charge on any atom is 0.573 e. The molecule has 2 aromatic carbocycles. The molecule has 8 nitrogen and oxygen atoms in total. The zero-order valence-corrected chi connectivity index (χ0v) is 17.1. The summed E-state index contributed by atoms with van der Waals surface area (Å²) >= 11 is 0. The number of rotatable bonds is 6. The Hall–Kier alpha value is -4.41. The predicted molar refractivity (Wildman–Crippen MR) is 111 cm³/mol. The van der Waals surface area contributed by atoms with E-state index in [4.69, 9.17) is 4.74 Å². The quantitative estimate of drug-likeness (QED) is 0.444. The molecule has 0 aliphatic rings. The van der Waals surface area contributed by atoms with E-state index in [1.807, 2.05) is 6.92 Å². The van der Waals surface area contributed by atoms with Gasteiger partial charge in [-0.15, -0.1) is 23.4 Å². The number of hydrogen-bond acceptors (Lipinski definition) is 6. The van der Waals surface area contributed by atoms with Gasteiger partial charge in [0, 0.05) is 24.1 Å². The van der Waals surface area contributed by atoms with Crippen molar-refractivity contribution in [2.45, 2.75) is 13.3 Å². The molecule has 1 amide bonds. The lowest BCUT2D eigenvalue weighted by Crippen LogP contribution is -2.20. The molecule has 0 radical (unpaired) electrons. The molecule has 11 heteroatoms. The summed E-state index contributed by atoms with van der Waals surface area (Å²) in [6.45, 7) is 1.84. The lowest BCUT2D eigenvalue weighted by Gasteiger charge is -2.13. The van der Waals surface area contributed by atoms with Gasteiger partial charge in [-0.1, -0.05) is 12.1 Å². The number of aryl methyl sites for hydroxylation is 1. The Labute approximate surface area is 185 Å². The van der Waals surface area contributed by atoms with Crippen LogP contribution in [0.3, 0.4) is 0 Å². The van der Waals surface area contributed by atoms with E-state index in [0.717, 1.165) is 11.9 Å². The van der Waals surface area contributed by atoms with Crippen molar-refractivity contribution < 1.29 is 27.4 Å². The Kier molecular flexibility index (Phi) is 5.94. The van der Waals surface area contributed by atoms with Crippen LogP contribution in [0.5, 0.6) is 17.4 Å². The molecule has 33 heavy (non-hydrogen) atoms. The molecule has 2 aromatic heterocycles. The summed E-state index contributed by atoms with van der Waals surface area (Å²) in [5.41, 5.74) is 0.102. The van der Waals surface area contributed by atoms with Crippen LogP contribution in [-0.4, -0.2) is 32.0 Å². The van der Waals surface area contributed by atoms with Crippen LogP contribution in [0.4, 0.5) is 18.9 Å². The molecule has 0 aliphatic carbocycles. The standard InChI is InChI=1S/C22H16F3N5O3/c1-14-26-12-13-30(14)19-10-11-20(29-28-19)32-16-8-6-15(7-9-16)27-21(31)17-4-2-3-5-18(17)33-22(23,24)25/h2-13H,1H3,(H,27,31). The summed E-state index contributed by atoms with van der Waals surface area (Å²) < 4.78 is 49.0. The molecule has 4 aromatic rings. The molecule has 0 bridgehead atoms. The maximum atomic E-state index is 12.6. The third kappa shape index (κ3) is 5.45. The molecule has 0 spiro atoms. The molecule has 168 valence electrons. The number of imidazole rings is 1. The topological polar surface area (TPSA) is 91.2 Å². The third-order valence-corrected chi connectivity index (χ3v) is 4.39. The van der Waals surface area contributed by atoms with Gasteiger partial charge in [0.2, 0.25) is 5.88 Å². The Morgan fingerprint density at radius 3 is 2.39 bits per heavy atom. The number of ether oxygens (including phenoxy) is 2. The highest BCUT2D eigenvalue weighted by Crippen LogP contribution is 2.27. The SMILES string of the molecule is Cc1nccn1-c1ccc(Oc2ccc(NC(=O)c3ccccc3OC(F)(F)F)cc2)nn1. The number of hydrogen-bond donors (Lipinski definition) is 1. The normalized spacial score (nSPS) is 11.2. The minimum atomic E-state index is -4.91. The molecule has 0 fully saturated rings. The molecule has 0 saturated carbocycles. The minimum Gasteiger partial charge on any atom is -0.438 e. The fourth-order valence-corrected chi connectivity index (χ4v) is 2.91. The van der Waals surface area contributed by atoms with Crippen LogP contribution >= 0.6 is 0 Å². The van der Waals surface area contributed by atoms with Gasteiger partial charge >= 0.3 is 6.36 Å². The van der Waals surface area contributed by atoms with E-state index in [-0.39, 0.29) is 11.4 Å². The van der Waals surface area contributed by atoms with E-state index in [9.17, 15) is 18.0 Å². The first-order valence-corrected chi connectivity index (χ1v) is 9.56. The van der Waals surface area contributed by atoms with Gasteiger partial charge in [0.15, 0.2) is 5.82 Å². The molecule has 4 rings (SSSR count). The summed E-state index contributed by atoms with van der Waals surface area (Å²) in [4.78, 5) is 16.6. The Morgan fingerprint density at radius 2 is 1.76 bits per heavy atom. The number of benzene rings is 2. The van der Waals surface area contributed by atoms with Crippen molar-refractivity contribution in [1.29, 1.82) is 0 Å². The number of anilines is 1. The third-order valence-electron chi connectivity index (χ3n) is 4.39. The lowest BCUT2D eigenvalue weighted by molar-refractivity contribution is -0.274. The van der Waals surface area contributed by atoms with Crippen LogP contribution in [-0.2, 0) is 0 Å². The number of aromatic nitrogens is 4. The second-order valence-electron chi connectivity index (χ2n) is 6.70. The van der Waals surface area contributed by atoms with Crippen LogP contribution in [0.25, 0.3) is 5.82 Å². The van der Waals surface area contributed by atoms with E-state index < -0.39 is 18.0 Å². The molecule has 0 unspecified atom stereocenters. The highest BCUT2D eigenvalue weighted by molar-refractivity contribution is 6.06. The number of alkyl halides is 3.